The number of hydrogen-bond acceptors (Lipinski definition) is 3. The number of fused-ring (bicyclic) bond motifs is 1. The van der Waals surface area contributed by atoms with Gasteiger partial charge in [-0.1, -0.05) is 36.4 Å². The minimum Gasteiger partial charge on any atom is -0.459 e. The molecular formula is C17H17NO2. The third-order valence-electron chi connectivity index (χ3n) is 3.25. The van der Waals surface area contributed by atoms with Crippen molar-refractivity contribution in [2.45, 2.75) is 13.2 Å². The summed E-state index contributed by atoms with van der Waals surface area (Å²) in [6, 6.07) is 18.3. The molecule has 3 heteroatoms. The van der Waals surface area contributed by atoms with E-state index in [9.17, 15) is 0 Å². The van der Waals surface area contributed by atoms with E-state index in [-0.39, 0.29) is 0 Å². The van der Waals surface area contributed by atoms with Gasteiger partial charge in [0.15, 0.2) is 0 Å². The standard InChI is InChI=1S/C17H17NO2/c1-19-12-14-7-2-4-8-16(14)18-11-15-10-13-6-3-5-9-17(13)20-15/h2-10,18H,11-12H2,1H3. The number of furan rings is 1. The predicted octanol–water partition coefficient (Wildman–Crippen LogP) is 4.19. The Bertz CT molecular complexity index is 670. The summed E-state index contributed by atoms with van der Waals surface area (Å²) >= 11 is 0. The predicted molar refractivity (Wildman–Crippen MR) is 80.7 cm³/mol. The van der Waals surface area contributed by atoms with Gasteiger partial charge >= 0.3 is 0 Å². The SMILES string of the molecule is COCc1ccccc1NCc1cc2ccccc2o1. The Kier molecular flexibility index (Phi) is 3.70. The highest BCUT2D eigenvalue weighted by Crippen LogP contribution is 2.21. The molecule has 0 saturated heterocycles. The van der Waals surface area contributed by atoms with Gasteiger partial charge in [-0.3, -0.25) is 0 Å². The van der Waals surface area contributed by atoms with Crippen molar-refractivity contribution in [2.24, 2.45) is 0 Å². The summed E-state index contributed by atoms with van der Waals surface area (Å²) in [6.45, 7) is 1.26. The Hall–Kier alpha value is -2.26. The molecule has 3 rings (SSSR count). The molecule has 0 unspecified atom stereocenters. The van der Waals surface area contributed by atoms with Gasteiger partial charge < -0.3 is 14.5 Å². The minimum atomic E-state index is 0.600. The zero-order valence-electron chi connectivity index (χ0n) is 11.4. The highest BCUT2D eigenvalue weighted by molar-refractivity contribution is 5.77. The van der Waals surface area contributed by atoms with Crippen molar-refractivity contribution in [3.8, 4) is 0 Å². The van der Waals surface area contributed by atoms with Crippen LogP contribution in [0.4, 0.5) is 5.69 Å². The number of ether oxygens (including phenoxy) is 1. The van der Waals surface area contributed by atoms with Crippen LogP contribution < -0.4 is 5.32 Å². The molecule has 0 aliphatic heterocycles. The molecular weight excluding hydrogens is 250 g/mol. The second-order valence-electron chi connectivity index (χ2n) is 4.69. The van der Waals surface area contributed by atoms with E-state index in [1.807, 2.05) is 30.3 Å². The van der Waals surface area contributed by atoms with E-state index in [1.165, 1.54) is 0 Å². The van der Waals surface area contributed by atoms with Crippen LogP contribution in [-0.2, 0) is 17.9 Å². The van der Waals surface area contributed by atoms with Crippen LogP contribution in [0.25, 0.3) is 11.0 Å². The number of nitrogens with one attached hydrogen (secondary N) is 1. The zero-order valence-corrected chi connectivity index (χ0v) is 11.4. The van der Waals surface area contributed by atoms with Crippen LogP contribution >= 0.6 is 0 Å². The largest absolute Gasteiger partial charge is 0.459 e. The van der Waals surface area contributed by atoms with Gasteiger partial charge in [-0.25, -0.2) is 0 Å². The molecule has 102 valence electrons. The molecule has 0 aliphatic carbocycles. The first-order chi connectivity index (χ1) is 9.86. The summed E-state index contributed by atoms with van der Waals surface area (Å²) in [5.74, 6) is 0.929. The first kappa shape index (κ1) is 12.8. The molecule has 1 aromatic heterocycles. The van der Waals surface area contributed by atoms with Gasteiger partial charge in [0.25, 0.3) is 0 Å². The van der Waals surface area contributed by atoms with Crippen molar-refractivity contribution in [2.75, 3.05) is 12.4 Å². The minimum absolute atomic E-state index is 0.600. The summed E-state index contributed by atoms with van der Waals surface area (Å²) in [6.07, 6.45) is 0. The Labute approximate surface area is 118 Å². The average Bonchev–Trinajstić information content (AvgIpc) is 2.89. The van der Waals surface area contributed by atoms with Gasteiger partial charge in [-0.15, -0.1) is 0 Å². The van der Waals surface area contributed by atoms with Crippen molar-refractivity contribution >= 4 is 16.7 Å². The molecule has 2 aromatic carbocycles. The normalized spacial score (nSPS) is 10.8. The molecule has 1 heterocycles. The van der Waals surface area contributed by atoms with E-state index in [1.54, 1.807) is 7.11 Å². The van der Waals surface area contributed by atoms with Crippen LogP contribution in [0.1, 0.15) is 11.3 Å². The Morgan fingerprint density at radius 2 is 1.85 bits per heavy atom. The summed E-state index contributed by atoms with van der Waals surface area (Å²) in [7, 11) is 1.70. The lowest BCUT2D eigenvalue weighted by Gasteiger charge is -2.10. The molecule has 0 saturated carbocycles. The molecule has 0 spiro atoms. The number of anilines is 1. The van der Waals surface area contributed by atoms with Gasteiger partial charge in [0.2, 0.25) is 0 Å². The van der Waals surface area contributed by atoms with Crippen LogP contribution in [0.15, 0.2) is 59.0 Å². The second kappa shape index (κ2) is 5.80. The maximum atomic E-state index is 5.80. The Morgan fingerprint density at radius 1 is 1.05 bits per heavy atom. The van der Waals surface area contributed by atoms with Crippen LogP contribution in [0, 0.1) is 0 Å². The molecule has 1 N–H and O–H groups in total. The molecule has 0 aliphatic rings. The van der Waals surface area contributed by atoms with Crippen molar-refractivity contribution in [3.05, 3.63) is 65.9 Å². The first-order valence-corrected chi connectivity index (χ1v) is 6.65. The third-order valence-corrected chi connectivity index (χ3v) is 3.25. The summed E-state index contributed by atoms with van der Waals surface area (Å²) in [5.41, 5.74) is 3.15. The van der Waals surface area contributed by atoms with Crippen LogP contribution in [0.3, 0.4) is 0 Å². The zero-order chi connectivity index (χ0) is 13.8. The van der Waals surface area contributed by atoms with Crippen LogP contribution in [0.5, 0.6) is 0 Å². The number of para-hydroxylation sites is 2. The van der Waals surface area contributed by atoms with Crippen LogP contribution in [-0.4, -0.2) is 7.11 Å². The number of benzene rings is 2. The van der Waals surface area contributed by atoms with E-state index in [4.69, 9.17) is 9.15 Å². The maximum Gasteiger partial charge on any atom is 0.134 e. The molecule has 20 heavy (non-hydrogen) atoms. The van der Waals surface area contributed by atoms with Crippen molar-refractivity contribution in [1.29, 1.82) is 0 Å². The second-order valence-corrected chi connectivity index (χ2v) is 4.69. The summed E-state index contributed by atoms with van der Waals surface area (Å²) in [5, 5.41) is 4.54. The molecule has 0 atom stereocenters. The fourth-order valence-corrected chi connectivity index (χ4v) is 2.28. The number of hydrogen-bond donors (Lipinski definition) is 1. The topological polar surface area (TPSA) is 34.4 Å². The van der Waals surface area contributed by atoms with Crippen LogP contribution in [0.2, 0.25) is 0 Å². The fraction of sp³-hybridized carbons (Fsp3) is 0.176. The average molecular weight is 267 g/mol. The Balaban J connectivity index is 1.76. The van der Waals surface area contributed by atoms with Gasteiger partial charge in [-0.05, 0) is 18.2 Å². The van der Waals surface area contributed by atoms with Gasteiger partial charge in [0.1, 0.15) is 11.3 Å². The van der Waals surface area contributed by atoms with Gasteiger partial charge in [-0.2, -0.15) is 0 Å². The number of methoxy groups -OCH3 is 1. The van der Waals surface area contributed by atoms with Crippen molar-refractivity contribution in [3.63, 3.8) is 0 Å². The smallest absolute Gasteiger partial charge is 0.134 e. The molecule has 3 nitrogen and oxygen atoms in total. The molecule has 0 radical (unpaired) electrons. The monoisotopic (exact) mass is 267 g/mol. The summed E-state index contributed by atoms with van der Waals surface area (Å²) < 4.78 is 11.0. The van der Waals surface area contributed by atoms with Gasteiger partial charge in [0.05, 0.1) is 13.2 Å². The molecule has 0 amide bonds. The third kappa shape index (κ3) is 2.68. The summed E-state index contributed by atoms with van der Waals surface area (Å²) in [4.78, 5) is 0. The fourth-order valence-electron chi connectivity index (χ4n) is 2.28. The quantitative estimate of drug-likeness (QED) is 0.752. The lowest BCUT2D eigenvalue weighted by molar-refractivity contribution is 0.185. The van der Waals surface area contributed by atoms with E-state index in [2.05, 4.69) is 29.6 Å². The van der Waals surface area contributed by atoms with E-state index < -0.39 is 0 Å². The highest BCUT2D eigenvalue weighted by atomic mass is 16.5. The molecule has 0 fully saturated rings. The lowest BCUT2D eigenvalue weighted by Crippen LogP contribution is -2.02. The maximum absolute atomic E-state index is 5.80. The van der Waals surface area contributed by atoms with E-state index in [0.717, 1.165) is 28.0 Å². The van der Waals surface area contributed by atoms with Crippen molar-refractivity contribution in [1.82, 2.24) is 0 Å². The molecule has 0 bridgehead atoms. The number of rotatable bonds is 5. The van der Waals surface area contributed by atoms with Gasteiger partial charge in [0, 0.05) is 23.7 Å². The lowest BCUT2D eigenvalue weighted by atomic mass is 10.2. The first-order valence-electron chi connectivity index (χ1n) is 6.65. The molecule has 3 aromatic rings. The van der Waals surface area contributed by atoms with Crippen molar-refractivity contribution < 1.29 is 9.15 Å². The van der Waals surface area contributed by atoms with E-state index in [0.29, 0.717) is 13.2 Å². The Morgan fingerprint density at radius 3 is 2.70 bits per heavy atom. The highest BCUT2D eigenvalue weighted by Gasteiger charge is 2.05. The van der Waals surface area contributed by atoms with E-state index >= 15 is 0 Å².